The second-order valence-electron chi connectivity index (χ2n) is 5.62. The van der Waals surface area contributed by atoms with Gasteiger partial charge in [-0.15, -0.1) is 0 Å². The second kappa shape index (κ2) is 4.44. The van der Waals surface area contributed by atoms with Crippen molar-refractivity contribution in [2.24, 2.45) is 0 Å². The highest BCUT2D eigenvalue weighted by Crippen LogP contribution is 2.33. The molecule has 0 bridgehead atoms. The minimum atomic E-state index is 0.122. The maximum Gasteiger partial charge on any atom is 0.320 e. The van der Waals surface area contributed by atoms with Crippen LogP contribution >= 0.6 is 0 Å². The van der Waals surface area contributed by atoms with Crippen molar-refractivity contribution in [2.75, 3.05) is 20.2 Å². The number of amides is 2. The number of benzene rings is 1. The molecule has 0 aromatic heterocycles. The minimum absolute atomic E-state index is 0.122. The molecule has 2 aliphatic heterocycles. The summed E-state index contributed by atoms with van der Waals surface area (Å²) >= 11 is 0. The molecule has 19 heavy (non-hydrogen) atoms. The molecular weight excluding hydrogens is 240 g/mol. The summed E-state index contributed by atoms with van der Waals surface area (Å²) in [6.07, 6.45) is 0.974. The Kier molecular flexibility index (Phi) is 2.88. The molecule has 102 valence electrons. The van der Waals surface area contributed by atoms with Crippen molar-refractivity contribution in [3.05, 3.63) is 29.3 Å². The summed E-state index contributed by atoms with van der Waals surface area (Å²) in [4.78, 5) is 16.0. The highest BCUT2D eigenvalue weighted by molar-refractivity contribution is 5.77. The molecule has 0 saturated carbocycles. The van der Waals surface area contributed by atoms with Gasteiger partial charge in [-0.1, -0.05) is 6.07 Å². The van der Waals surface area contributed by atoms with Gasteiger partial charge in [-0.3, -0.25) is 0 Å². The lowest BCUT2D eigenvalue weighted by molar-refractivity contribution is 0.187. The molecule has 2 amide bonds. The van der Waals surface area contributed by atoms with Crippen LogP contribution in [0.2, 0.25) is 0 Å². The predicted octanol–water partition coefficient (Wildman–Crippen LogP) is 2.44. The average molecular weight is 260 g/mol. The molecular formula is C15H20N2O2. The van der Waals surface area contributed by atoms with Gasteiger partial charge >= 0.3 is 6.03 Å². The molecule has 1 fully saturated rings. The highest BCUT2D eigenvalue weighted by atomic mass is 16.5. The monoisotopic (exact) mass is 260 g/mol. The molecule has 2 heterocycles. The van der Waals surface area contributed by atoms with Gasteiger partial charge in [0.2, 0.25) is 0 Å². The molecule has 0 spiro atoms. The van der Waals surface area contributed by atoms with Crippen molar-refractivity contribution in [1.29, 1.82) is 0 Å². The van der Waals surface area contributed by atoms with Gasteiger partial charge in [0.1, 0.15) is 5.75 Å². The topological polar surface area (TPSA) is 32.8 Å². The molecule has 1 aromatic carbocycles. The fraction of sp³-hybridized carbons (Fsp3) is 0.533. The molecule has 1 atom stereocenters. The van der Waals surface area contributed by atoms with Crippen molar-refractivity contribution in [3.63, 3.8) is 0 Å². The summed E-state index contributed by atoms with van der Waals surface area (Å²) in [5.74, 6) is 0.997. The van der Waals surface area contributed by atoms with E-state index in [0.29, 0.717) is 0 Å². The Balaban J connectivity index is 1.88. The number of carbonyl (C=O) groups excluding carboxylic acids is 1. The van der Waals surface area contributed by atoms with Crippen molar-refractivity contribution in [1.82, 2.24) is 9.80 Å². The summed E-state index contributed by atoms with van der Waals surface area (Å²) in [7, 11) is 1.89. The number of hydrogen-bond acceptors (Lipinski definition) is 2. The van der Waals surface area contributed by atoms with Crippen LogP contribution in [0, 0.1) is 0 Å². The van der Waals surface area contributed by atoms with Gasteiger partial charge in [0, 0.05) is 26.1 Å². The maximum absolute atomic E-state index is 12.2. The first-order valence-corrected chi connectivity index (χ1v) is 6.87. The van der Waals surface area contributed by atoms with Gasteiger partial charge in [-0.25, -0.2) is 4.79 Å². The van der Waals surface area contributed by atoms with Crippen LogP contribution in [0.4, 0.5) is 4.79 Å². The Morgan fingerprint density at radius 1 is 1.37 bits per heavy atom. The van der Waals surface area contributed by atoms with Crippen molar-refractivity contribution < 1.29 is 9.53 Å². The maximum atomic E-state index is 12.2. The van der Waals surface area contributed by atoms with E-state index >= 15 is 0 Å². The zero-order valence-corrected chi connectivity index (χ0v) is 11.7. The molecule has 2 aliphatic rings. The number of carbonyl (C=O) groups is 1. The smallest absolute Gasteiger partial charge is 0.320 e. The van der Waals surface area contributed by atoms with Gasteiger partial charge in [0.05, 0.1) is 12.6 Å². The third-order valence-corrected chi connectivity index (χ3v) is 4.11. The van der Waals surface area contributed by atoms with Gasteiger partial charge in [0.25, 0.3) is 0 Å². The van der Waals surface area contributed by atoms with E-state index in [4.69, 9.17) is 4.74 Å². The lowest BCUT2D eigenvalue weighted by Crippen LogP contribution is -2.34. The van der Waals surface area contributed by atoms with Gasteiger partial charge < -0.3 is 14.5 Å². The van der Waals surface area contributed by atoms with Crippen molar-refractivity contribution >= 4 is 6.03 Å². The molecule has 4 nitrogen and oxygen atoms in total. The van der Waals surface area contributed by atoms with Crippen molar-refractivity contribution in [2.45, 2.75) is 32.4 Å². The van der Waals surface area contributed by atoms with Gasteiger partial charge in [0.15, 0.2) is 0 Å². The molecule has 1 unspecified atom stereocenters. The number of ether oxygens (including phenoxy) is 1. The number of rotatable bonds is 2. The fourth-order valence-corrected chi connectivity index (χ4v) is 2.90. The number of urea groups is 1. The molecule has 3 rings (SSSR count). The van der Waals surface area contributed by atoms with Gasteiger partial charge in [-0.2, -0.15) is 0 Å². The lowest BCUT2D eigenvalue weighted by atomic mass is 10.0. The Morgan fingerprint density at radius 2 is 2.16 bits per heavy atom. The second-order valence-corrected chi connectivity index (χ2v) is 5.62. The average Bonchev–Trinajstić information content (AvgIpc) is 2.95. The molecule has 4 heteroatoms. The van der Waals surface area contributed by atoms with Crippen LogP contribution in [0.1, 0.15) is 31.0 Å². The van der Waals surface area contributed by atoms with Crippen LogP contribution < -0.4 is 4.74 Å². The summed E-state index contributed by atoms with van der Waals surface area (Å²) < 4.78 is 5.53. The summed E-state index contributed by atoms with van der Waals surface area (Å²) in [6.45, 7) is 5.66. The van der Waals surface area contributed by atoms with E-state index in [1.165, 1.54) is 11.1 Å². The first-order valence-electron chi connectivity index (χ1n) is 6.87. The number of nitrogens with zero attached hydrogens (tertiary/aromatic N) is 2. The van der Waals surface area contributed by atoms with Crippen LogP contribution in [0.15, 0.2) is 18.2 Å². The standard InChI is InChI=1S/C15H20N2O2/c1-10(2)17-9-13(16(3)15(17)18)11-4-5-14-12(8-11)6-7-19-14/h4-5,8,10,13H,6-7,9H2,1-3H3. The van der Waals surface area contributed by atoms with E-state index in [-0.39, 0.29) is 18.1 Å². The van der Waals surface area contributed by atoms with Gasteiger partial charge in [-0.05, 0) is 37.1 Å². The quantitative estimate of drug-likeness (QED) is 0.818. The first-order chi connectivity index (χ1) is 9.08. The van der Waals surface area contributed by atoms with Crippen LogP contribution in [0.25, 0.3) is 0 Å². The number of likely N-dealkylation sites (N-methyl/N-ethyl adjacent to an activating group) is 1. The third kappa shape index (κ3) is 1.95. The molecule has 0 N–H and O–H groups in total. The highest BCUT2D eigenvalue weighted by Gasteiger charge is 2.37. The molecule has 1 aromatic rings. The summed E-state index contributed by atoms with van der Waals surface area (Å²) in [5, 5.41) is 0. The first kappa shape index (κ1) is 12.3. The van der Waals surface area contributed by atoms with E-state index in [2.05, 4.69) is 26.0 Å². The van der Waals surface area contributed by atoms with Crippen LogP contribution in [-0.2, 0) is 6.42 Å². The fourth-order valence-electron chi connectivity index (χ4n) is 2.90. The van der Waals surface area contributed by atoms with E-state index in [9.17, 15) is 4.79 Å². The van der Waals surface area contributed by atoms with E-state index in [1.54, 1.807) is 0 Å². The third-order valence-electron chi connectivity index (χ3n) is 4.11. The Bertz CT molecular complexity index is 513. The molecule has 0 aliphatic carbocycles. The number of fused-ring (bicyclic) bond motifs is 1. The summed E-state index contributed by atoms with van der Waals surface area (Å²) in [5.41, 5.74) is 2.48. The predicted molar refractivity (Wildman–Crippen MR) is 73.4 cm³/mol. The minimum Gasteiger partial charge on any atom is -0.493 e. The Morgan fingerprint density at radius 3 is 2.84 bits per heavy atom. The summed E-state index contributed by atoms with van der Waals surface area (Å²) in [6, 6.07) is 6.84. The van der Waals surface area contributed by atoms with E-state index in [1.807, 2.05) is 22.9 Å². The zero-order chi connectivity index (χ0) is 13.6. The van der Waals surface area contributed by atoms with E-state index in [0.717, 1.165) is 25.3 Å². The Labute approximate surface area is 113 Å². The van der Waals surface area contributed by atoms with E-state index < -0.39 is 0 Å². The lowest BCUT2D eigenvalue weighted by Gasteiger charge is -2.19. The molecule has 0 radical (unpaired) electrons. The van der Waals surface area contributed by atoms with Crippen LogP contribution in [-0.4, -0.2) is 42.1 Å². The normalized spacial score (nSPS) is 22.1. The van der Waals surface area contributed by atoms with Crippen molar-refractivity contribution in [3.8, 4) is 5.75 Å². The Hall–Kier alpha value is -1.71. The van der Waals surface area contributed by atoms with Crippen LogP contribution in [0.5, 0.6) is 5.75 Å². The van der Waals surface area contributed by atoms with Crippen LogP contribution in [0.3, 0.4) is 0 Å². The number of hydrogen-bond donors (Lipinski definition) is 0. The SMILES string of the molecule is CC(C)N1CC(c2ccc3c(c2)CCO3)N(C)C1=O. The molecule has 1 saturated heterocycles. The zero-order valence-electron chi connectivity index (χ0n) is 11.7. The largest absolute Gasteiger partial charge is 0.493 e.